The van der Waals surface area contributed by atoms with Crippen molar-refractivity contribution in [1.29, 1.82) is 0 Å². The molecule has 212 valence electrons. The summed E-state index contributed by atoms with van der Waals surface area (Å²) in [6.45, 7) is 8.22. The Morgan fingerprint density at radius 1 is 1.21 bits per heavy atom. The Labute approximate surface area is 234 Å². The molecule has 39 heavy (non-hydrogen) atoms. The van der Waals surface area contributed by atoms with Crippen molar-refractivity contribution >= 4 is 52.1 Å². The Hall–Kier alpha value is -2.19. The predicted octanol–water partition coefficient (Wildman–Crippen LogP) is 3.64. The third kappa shape index (κ3) is 6.59. The van der Waals surface area contributed by atoms with Gasteiger partial charge in [-0.25, -0.2) is 9.19 Å². The molecule has 0 spiro atoms. The number of pyridine rings is 1. The second-order valence-corrected chi connectivity index (χ2v) is 19.6. The minimum absolute atomic E-state index is 0.201. The van der Waals surface area contributed by atoms with Gasteiger partial charge in [-0.05, 0) is 30.1 Å². The number of anilines is 1. The van der Waals surface area contributed by atoms with Gasteiger partial charge in [-0.1, -0.05) is 43.4 Å². The van der Waals surface area contributed by atoms with Crippen LogP contribution < -0.4 is 9.46 Å². The standard InChI is InChI=1S/C26H35ClN4O6SSi/c1-38(2,33)30-17-8-6-16(7-9-17)22-18(27)12-19-25(29-22)31(15-34-10-11-39(3,4)5)26(28-19)37-21-14-36-23-20(32)13-35-24(21)23/h6-9,12,20-21,23-24,32H,1,10-11,13-15H2,2-5H3,(H,30,33)/t20-,21-,23-,24-,38?/m1/s1. The third-order valence-corrected chi connectivity index (χ3v) is 9.25. The van der Waals surface area contributed by atoms with Crippen molar-refractivity contribution in [3.05, 3.63) is 35.4 Å². The molecule has 5 atom stereocenters. The van der Waals surface area contributed by atoms with Crippen LogP contribution in [0.15, 0.2) is 30.3 Å². The lowest BCUT2D eigenvalue weighted by Crippen LogP contribution is -2.35. The van der Waals surface area contributed by atoms with Gasteiger partial charge < -0.3 is 28.8 Å². The molecule has 2 aromatic heterocycles. The van der Waals surface area contributed by atoms with Crippen LogP contribution in [0, 0.1) is 0 Å². The summed E-state index contributed by atoms with van der Waals surface area (Å²) in [6.07, 6.45) is -0.354. The molecule has 13 heteroatoms. The summed E-state index contributed by atoms with van der Waals surface area (Å²) in [7, 11) is -3.67. The molecule has 3 aromatic rings. The van der Waals surface area contributed by atoms with Gasteiger partial charge in [-0.2, -0.15) is 4.98 Å². The molecule has 5 rings (SSSR count). The lowest BCUT2D eigenvalue weighted by molar-refractivity contribution is 0.00336. The first-order valence-corrected chi connectivity index (χ1v) is 19.0. The van der Waals surface area contributed by atoms with Crippen molar-refractivity contribution in [2.75, 3.05) is 30.8 Å². The number of aliphatic hydroxyl groups excluding tert-OH is 1. The number of hydrogen-bond donors (Lipinski definition) is 2. The Morgan fingerprint density at radius 3 is 2.62 bits per heavy atom. The molecule has 4 heterocycles. The first kappa shape index (κ1) is 28.3. The van der Waals surface area contributed by atoms with Crippen molar-refractivity contribution in [1.82, 2.24) is 14.5 Å². The van der Waals surface area contributed by atoms with Crippen LogP contribution in [0.25, 0.3) is 22.4 Å². The molecule has 0 amide bonds. The SMILES string of the molecule is C=S(C)(=O)Nc1ccc(-c2nc3c(cc2Cl)nc(O[C@@H]2CO[C@H]4[C@@H]2OC[C@H]4O)n3COCC[Si](C)(C)C)cc1. The van der Waals surface area contributed by atoms with E-state index in [2.05, 4.69) is 35.2 Å². The first-order chi connectivity index (χ1) is 18.4. The molecule has 2 saturated heterocycles. The summed E-state index contributed by atoms with van der Waals surface area (Å²) in [5, 5.41) is 10.5. The van der Waals surface area contributed by atoms with Crippen molar-refractivity contribution in [2.24, 2.45) is 0 Å². The van der Waals surface area contributed by atoms with E-state index in [1.165, 1.54) is 0 Å². The number of aliphatic hydroxyl groups is 1. The molecule has 1 aromatic carbocycles. The maximum Gasteiger partial charge on any atom is 0.301 e. The summed E-state index contributed by atoms with van der Waals surface area (Å²) in [6, 6.07) is 10.4. The van der Waals surface area contributed by atoms with Crippen LogP contribution in [-0.2, 0) is 30.6 Å². The van der Waals surface area contributed by atoms with Gasteiger partial charge >= 0.3 is 6.01 Å². The highest BCUT2D eigenvalue weighted by Crippen LogP contribution is 2.34. The molecule has 2 fully saturated rings. The fourth-order valence-corrected chi connectivity index (χ4v) is 6.22. The van der Waals surface area contributed by atoms with Crippen LogP contribution in [0.2, 0.25) is 30.7 Å². The summed E-state index contributed by atoms with van der Waals surface area (Å²) in [5.74, 6) is 3.63. The molecule has 0 radical (unpaired) electrons. The average molecular weight is 595 g/mol. The molecule has 0 saturated carbocycles. The van der Waals surface area contributed by atoms with Gasteiger partial charge in [-0.15, -0.1) is 0 Å². The monoisotopic (exact) mass is 594 g/mol. The lowest BCUT2D eigenvalue weighted by atomic mass is 10.1. The summed E-state index contributed by atoms with van der Waals surface area (Å²) in [5.41, 5.74) is 3.18. The van der Waals surface area contributed by atoms with E-state index in [-0.39, 0.29) is 26.0 Å². The molecule has 1 unspecified atom stereocenters. The Morgan fingerprint density at radius 2 is 1.92 bits per heavy atom. The second-order valence-electron chi connectivity index (χ2n) is 11.3. The highest BCUT2D eigenvalue weighted by Gasteiger charge is 2.49. The van der Waals surface area contributed by atoms with Crippen molar-refractivity contribution in [2.45, 2.75) is 56.8 Å². The molecule has 0 bridgehead atoms. The summed E-state index contributed by atoms with van der Waals surface area (Å²) < 4.78 is 40.5. The fraction of sp³-hybridized carbons (Fsp3) is 0.500. The number of benzene rings is 1. The molecular formula is C26H35ClN4O6SSi. The summed E-state index contributed by atoms with van der Waals surface area (Å²) >= 11 is 6.66. The highest BCUT2D eigenvalue weighted by atomic mass is 35.5. The molecule has 2 N–H and O–H groups in total. The topological polar surface area (TPSA) is 117 Å². The number of rotatable bonds is 10. The van der Waals surface area contributed by atoms with Crippen LogP contribution in [-0.4, -0.2) is 88.3 Å². The van der Waals surface area contributed by atoms with Crippen LogP contribution in [0.3, 0.4) is 0 Å². The number of nitrogens with zero attached hydrogens (tertiary/aromatic N) is 3. The number of hydrogen-bond acceptors (Lipinski definition) is 8. The van der Waals surface area contributed by atoms with E-state index in [1.54, 1.807) is 16.9 Å². The summed E-state index contributed by atoms with van der Waals surface area (Å²) in [4.78, 5) is 9.56. The van der Waals surface area contributed by atoms with Crippen LogP contribution in [0.1, 0.15) is 0 Å². The van der Waals surface area contributed by atoms with E-state index in [0.29, 0.717) is 40.2 Å². The van der Waals surface area contributed by atoms with Gasteiger partial charge in [0.05, 0.1) is 23.9 Å². The quantitative estimate of drug-likeness (QED) is 0.208. The number of halogens is 1. The number of fused-ring (bicyclic) bond motifs is 2. The van der Waals surface area contributed by atoms with Crippen LogP contribution in [0.4, 0.5) is 5.69 Å². The van der Waals surface area contributed by atoms with Gasteiger partial charge in [-0.3, -0.25) is 4.57 Å². The minimum Gasteiger partial charge on any atom is -0.456 e. The molecule has 2 aliphatic heterocycles. The maximum absolute atomic E-state index is 12.0. The molecule has 10 nitrogen and oxygen atoms in total. The zero-order chi connectivity index (χ0) is 27.9. The van der Waals surface area contributed by atoms with Gasteiger partial charge in [0.2, 0.25) is 0 Å². The van der Waals surface area contributed by atoms with Crippen molar-refractivity contribution in [3.8, 4) is 17.3 Å². The Balaban J connectivity index is 1.46. The molecule has 0 aliphatic carbocycles. The van der Waals surface area contributed by atoms with E-state index in [4.69, 9.17) is 35.5 Å². The van der Waals surface area contributed by atoms with E-state index in [1.807, 2.05) is 24.3 Å². The number of nitrogens with one attached hydrogen (secondary N) is 1. The minimum atomic E-state index is -2.39. The zero-order valence-corrected chi connectivity index (χ0v) is 25.1. The lowest BCUT2D eigenvalue weighted by Gasteiger charge is -2.19. The van der Waals surface area contributed by atoms with Gasteiger partial charge in [0, 0.05) is 41.9 Å². The first-order valence-electron chi connectivity index (χ1n) is 12.8. The number of ether oxygens (including phenoxy) is 4. The largest absolute Gasteiger partial charge is 0.456 e. The van der Waals surface area contributed by atoms with Crippen LogP contribution >= 0.6 is 11.6 Å². The normalized spacial score (nSPS) is 24.6. The Bertz CT molecular complexity index is 1440. The third-order valence-electron chi connectivity index (χ3n) is 6.59. The number of imidazole rings is 1. The average Bonchev–Trinajstić information content (AvgIpc) is 3.51. The van der Waals surface area contributed by atoms with Gasteiger partial charge in [0.15, 0.2) is 11.8 Å². The highest BCUT2D eigenvalue weighted by molar-refractivity contribution is 8.00. The fourth-order valence-electron chi connectivity index (χ4n) is 4.57. The second kappa shape index (κ2) is 11.0. The van der Waals surface area contributed by atoms with E-state index < -0.39 is 36.1 Å². The van der Waals surface area contributed by atoms with Crippen molar-refractivity contribution in [3.63, 3.8) is 0 Å². The zero-order valence-electron chi connectivity index (χ0n) is 22.6. The van der Waals surface area contributed by atoms with Crippen molar-refractivity contribution < 1.29 is 28.3 Å². The van der Waals surface area contributed by atoms with E-state index in [9.17, 15) is 9.32 Å². The van der Waals surface area contributed by atoms with E-state index >= 15 is 0 Å². The maximum atomic E-state index is 12.0. The molecular weight excluding hydrogens is 560 g/mol. The Kier molecular flexibility index (Phi) is 7.99. The van der Waals surface area contributed by atoms with Gasteiger partial charge in [0.1, 0.15) is 30.6 Å². The van der Waals surface area contributed by atoms with Gasteiger partial charge in [0.25, 0.3) is 0 Å². The predicted molar refractivity (Wildman–Crippen MR) is 157 cm³/mol. The van der Waals surface area contributed by atoms with E-state index in [0.717, 1.165) is 11.6 Å². The van der Waals surface area contributed by atoms with Crippen LogP contribution in [0.5, 0.6) is 6.01 Å². The molecule has 2 aliphatic rings. The number of aromatic nitrogens is 3. The smallest absolute Gasteiger partial charge is 0.301 e.